The van der Waals surface area contributed by atoms with Gasteiger partial charge in [0.15, 0.2) is 11.5 Å². The molecule has 5 nitrogen and oxygen atoms in total. The summed E-state index contributed by atoms with van der Waals surface area (Å²) in [5.74, 6) is 1.85. The molecule has 0 saturated heterocycles. The van der Waals surface area contributed by atoms with E-state index >= 15 is 0 Å². The van der Waals surface area contributed by atoms with Gasteiger partial charge in [0.2, 0.25) is 0 Å². The maximum absolute atomic E-state index is 14.2. The van der Waals surface area contributed by atoms with Gasteiger partial charge in [-0.15, -0.1) is 0 Å². The summed E-state index contributed by atoms with van der Waals surface area (Å²) >= 11 is 0. The van der Waals surface area contributed by atoms with E-state index in [4.69, 9.17) is 4.98 Å². The van der Waals surface area contributed by atoms with Crippen molar-refractivity contribution < 1.29 is 8.78 Å². The summed E-state index contributed by atoms with van der Waals surface area (Å²) in [7, 11) is 0. The topological polar surface area (TPSA) is 66.5 Å². The number of pyridine rings is 1. The van der Waals surface area contributed by atoms with Crippen molar-refractivity contribution in [3.05, 3.63) is 48.3 Å². The number of hydrogen-bond acceptors (Lipinski definition) is 4. The molecule has 7 rings (SSSR count). The predicted octanol–water partition coefficient (Wildman–Crippen LogP) is 5.69. The van der Waals surface area contributed by atoms with Crippen molar-refractivity contribution in [2.24, 2.45) is 17.8 Å². The summed E-state index contributed by atoms with van der Waals surface area (Å²) in [5, 5.41) is 5.01. The van der Waals surface area contributed by atoms with Gasteiger partial charge in [0.25, 0.3) is 0 Å². The van der Waals surface area contributed by atoms with Crippen molar-refractivity contribution >= 4 is 27.8 Å². The Morgan fingerprint density at radius 2 is 1.84 bits per heavy atom. The Morgan fingerprint density at radius 1 is 1.03 bits per heavy atom. The molecule has 3 heterocycles. The molecule has 2 atom stereocenters. The van der Waals surface area contributed by atoms with Gasteiger partial charge < -0.3 is 10.3 Å². The molecular formula is C24H23F2N5. The van der Waals surface area contributed by atoms with E-state index in [1.165, 1.54) is 31.7 Å². The second-order valence-electron chi connectivity index (χ2n) is 8.99. The molecule has 2 N–H and O–H groups in total. The molecule has 3 fully saturated rings. The zero-order valence-electron chi connectivity index (χ0n) is 17.2. The smallest absolute Gasteiger partial charge is 0.166 e. The Balaban J connectivity index is 1.49. The fourth-order valence-corrected chi connectivity index (χ4v) is 5.69. The average molecular weight is 419 g/mol. The number of aromatic amines is 1. The number of halogens is 2. The molecule has 3 saturated carbocycles. The van der Waals surface area contributed by atoms with E-state index in [1.54, 1.807) is 12.4 Å². The van der Waals surface area contributed by atoms with Gasteiger partial charge in [-0.05, 0) is 61.6 Å². The molecule has 0 unspecified atom stereocenters. The van der Waals surface area contributed by atoms with Gasteiger partial charge in [-0.1, -0.05) is 6.92 Å². The number of fused-ring (bicyclic) bond motifs is 5. The third-order valence-electron chi connectivity index (χ3n) is 7.36. The van der Waals surface area contributed by atoms with Crippen LogP contribution in [-0.2, 0) is 0 Å². The lowest BCUT2D eigenvalue weighted by atomic mass is 9.62. The van der Waals surface area contributed by atoms with E-state index in [9.17, 15) is 8.78 Å². The first-order valence-corrected chi connectivity index (χ1v) is 10.9. The standard InChI is InChI=1S/C24H23F2N5/c1-12-13-4-6-14(7-5-13)20(12)29-23-16-3-2-8-27-22(16)30-24(31-23)18-11-28-21-17(18)9-15(25)10-19(21)26/h2-3,8-14,20,28H,4-7H2,1H3,(H,27,29,30,31)/t12-,13?,14?,20+/m1/s1. The Morgan fingerprint density at radius 3 is 2.65 bits per heavy atom. The van der Waals surface area contributed by atoms with Crippen LogP contribution in [0.1, 0.15) is 32.6 Å². The van der Waals surface area contributed by atoms with Crippen LogP contribution >= 0.6 is 0 Å². The van der Waals surface area contributed by atoms with Crippen LogP contribution < -0.4 is 5.32 Å². The Kier molecular flexibility index (Phi) is 4.20. The molecular weight excluding hydrogens is 396 g/mol. The Hall–Kier alpha value is -3.09. The van der Waals surface area contributed by atoms with Gasteiger partial charge >= 0.3 is 0 Å². The highest BCUT2D eigenvalue weighted by atomic mass is 19.1. The molecule has 2 bridgehead atoms. The summed E-state index contributed by atoms with van der Waals surface area (Å²) < 4.78 is 28.1. The van der Waals surface area contributed by atoms with Crippen molar-refractivity contribution in [1.29, 1.82) is 0 Å². The highest BCUT2D eigenvalue weighted by molar-refractivity contribution is 5.96. The van der Waals surface area contributed by atoms with Gasteiger partial charge in [-0.3, -0.25) is 0 Å². The predicted molar refractivity (Wildman–Crippen MR) is 117 cm³/mol. The third-order valence-corrected chi connectivity index (χ3v) is 7.36. The zero-order chi connectivity index (χ0) is 21.1. The fraction of sp³-hybridized carbons (Fsp3) is 0.375. The molecule has 1 aromatic carbocycles. The monoisotopic (exact) mass is 419 g/mol. The van der Waals surface area contributed by atoms with E-state index in [0.717, 1.165) is 23.2 Å². The quantitative estimate of drug-likeness (QED) is 0.448. The number of benzene rings is 1. The van der Waals surface area contributed by atoms with Crippen LogP contribution in [0.15, 0.2) is 36.7 Å². The van der Waals surface area contributed by atoms with Crippen LogP contribution in [0.2, 0.25) is 0 Å². The molecule has 0 aliphatic heterocycles. The largest absolute Gasteiger partial charge is 0.366 e. The minimum atomic E-state index is -0.634. The molecule has 4 aromatic rings. The second kappa shape index (κ2) is 6.97. The van der Waals surface area contributed by atoms with E-state index in [2.05, 4.69) is 27.2 Å². The summed E-state index contributed by atoms with van der Waals surface area (Å²) in [6, 6.07) is 6.39. The van der Waals surface area contributed by atoms with Crippen LogP contribution in [0, 0.1) is 29.4 Å². The molecule has 3 aliphatic rings. The first-order valence-electron chi connectivity index (χ1n) is 10.9. The van der Waals surface area contributed by atoms with Crippen molar-refractivity contribution in [3.8, 4) is 11.4 Å². The van der Waals surface area contributed by atoms with Gasteiger partial charge in [-0.2, -0.15) is 0 Å². The molecule has 3 aromatic heterocycles. The highest BCUT2D eigenvalue weighted by Gasteiger charge is 2.41. The number of hydrogen-bond donors (Lipinski definition) is 2. The normalized spacial score (nSPS) is 25.4. The summed E-state index contributed by atoms with van der Waals surface area (Å²) in [6.45, 7) is 2.33. The maximum Gasteiger partial charge on any atom is 0.166 e. The van der Waals surface area contributed by atoms with Crippen LogP contribution in [-0.4, -0.2) is 26.0 Å². The lowest BCUT2D eigenvalue weighted by molar-refractivity contribution is 0.0929. The van der Waals surface area contributed by atoms with Crippen LogP contribution in [0.4, 0.5) is 14.6 Å². The number of nitrogens with one attached hydrogen (secondary N) is 2. The van der Waals surface area contributed by atoms with Crippen molar-refractivity contribution in [1.82, 2.24) is 19.9 Å². The lowest BCUT2D eigenvalue weighted by Crippen LogP contribution is -2.47. The van der Waals surface area contributed by atoms with Crippen molar-refractivity contribution in [3.63, 3.8) is 0 Å². The fourth-order valence-electron chi connectivity index (χ4n) is 5.69. The molecule has 31 heavy (non-hydrogen) atoms. The molecule has 158 valence electrons. The van der Waals surface area contributed by atoms with E-state index in [-0.39, 0.29) is 5.52 Å². The first kappa shape index (κ1) is 18.7. The number of nitrogens with zero attached hydrogens (tertiary/aromatic N) is 3. The van der Waals surface area contributed by atoms with E-state index in [1.807, 2.05) is 12.1 Å². The second-order valence-corrected chi connectivity index (χ2v) is 8.99. The van der Waals surface area contributed by atoms with Gasteiger partial charge in [0.1, 0.15) is 17.5 Å². The third kappa shape index (κ3) is 2.98. The summed E-state index contributed by atoms with van der Waals surface area (Å²) in [4.78, 5) is 16.8. The maximum atomic E-state index is 14.2. The van der Waals surface area contributed by atoms with Crippen LogP contribution in [0.5, 0.6) is 0 Å². The van der Waals surface area contributed by atoms with E-state index < -0.39 is 11.6 Å². The summed E-state index contributed by atoms with van der Waals surface area (Å²) in [5.41, 5.74) is 1.37. The summed E-state index contributed by atoms with van der Waals surface area (Å²) in [6.07, 6.45) is 8.46. The van der Waals surface area contributed by atoms with Gasteiger partial charge in [0, 0.05) is 35.5 Å². The first-order chi connectivity index (χ1) is 15.1. The zero-order valence-corrected chi connectivity index (χ0v) is 17.2. The number of aromatic nitrogens is 4. The SMILES string of the molecule is C[C@@H]1C2CCC(CC2)[C@H]1Nc1nc(-c2c[nH]c3c(F)cc(F)cc23)nc2ncccc12. The minimum Gasteiger partial charge on any atom is -0.366 e. The Bertz CT molecular complexity index is 1290. The molecule has 3 aliphatic carbocycles. The van der Waals surface area contributed by atoms with Gasteiger partial charge in [-0.25, -0.2) is 23.7 Å². The van der Waals surface area contributed by atoms with E-state index in [0.29, 0.717) is 40.3 Å². The van der Waals surface area contributed by atoms with Gasteiger partial charge in [0.05, 0.1) is 10.9 Å². The number of anilines is 1. The molecule has 0 radical (unpaired) electrons. The molecule has 0 spiro atoms. The Labute approximate surface area is 178 Å². The average Bonchev–Trinajstić information content (AvgIpc) is 3.20. The van der Waals surface area contributed by atoms with Crippen LogP contribution in [0.25, 0.3) is 33.3 Å². The highest BCUT2D eigenvalue weighted by Crippen LogP contribution is 2.46. The molecule has 0 amide bonds. The number of rotatable bonds is 3. The lowest BCUT2D eigenvalue weighted by Gasteiger charge is -2.47. The number of H-pyrrole nitrogens is 1. The van der Waals surface area contributed by atoms with Crippen molar-refractivity contribution in [2.45, 2.75) is 38.6 Å². The minimum absolute atomic E-state index is 0.244. The molecule has 7 heteroatoms. The van der Waals surface area contributed by atoms with Crippen molar-refractivity contribution in [2.75, 3.05) is 5.32 Å². The van der Waals surface area contributed by atoms with Crippen LogP contribution in [0.3, 0.4) is 0 Å².